The van der Waals surface area contributed by atoms with Gasteiger partial charge in [0.2, 0.25) is 0 Å². The van der Waals surface area contributed by atoms with Crippen molar-refractivity contribution in [1.82, 2.24) is 10.2 Å². The fourth-order valence-electron chi connectivity index (χ4n) is 3.32. The van der Waals surface area contributed by atoms with Crippen LogP contribution < -0.4 is 10.6 Å². The lowest BCUT2D eigenvalue weighted by atomic mass is 10.1. The molecule has 0 aliphatic carbocycles. The van der Waals surface area contributed by atoms with E-state index in [0.29, 0.717) is 29.8 Å². The van der Waals surface area contributed by atoms with Crippen molar-refractivity contribution >= 4 is 35.3 Å². The molecule has 0 fully saturated rings. The highest BCUT2D eigenvalue weighted by molar-refractivity contribution is 7.99. The number of urea groups is 1. The van der Waals surface area contributed by atoms with Gasteiger partial charge in [-0.15, -0.1) is 0 Å². The van der Waals surface area contributed by atoms with Crippen LogP contribution in [0.1, 0.15) is 27.1 Å². The fraction of sp³-hybridized carbons (Fsp3) is 0.125. The Kier molecular flexibility index (Phi) is 6.33. The third-order valence-electron chi connectivity index (χ3n) is 4.83. The van der Waals surface area contributed by atoms with Crippen LogP contribution in [0.15, 0.2) is 88.7 Å². The van der Waals surface area contributed by atoms with Crippen LogP contribution in [0.25, 0.3) is 0 Å². The van der Waals surface area contributed by atoms with Crippen LogP contribution in [0.4, 0.5) is 10.5 Å². The smallest absolute Gasteiger partial charge is 0.319 e. The Labute approximate surface area is 184 Å². The Morgan fingerprint density at radius 2 is 1.42 bits per heavy atom. The van der Waals surface area contributed by atoms with E-state index in [1.54, 1.807) is 36.0 Å². The maximum Gasteiger partial charge on any atom is 0.319 e. The van der Waals surface area contributed by atoms with Crippen molar-refractivity contribution in [3.63, 3.8) is 0 Å². The molecule has 3 aromatic carbocycles. The molecule has 1 aliphatic heterocycles. The highest BCUT2D eigenvalue weighted by Gasteiger charge is 2.34. The maximum absolute atomic E-state index is 12.4. The molecule has 4 amide bonds. The minimum absolute atomic E-state index is 0.257. The second kappa shape index (κ2) is 9.49. The number of fused-ring (bicyclic) bond motifs is 1. The fourth-order valence-corrected chi connectivity index (χ4v) is 4.25. The number of para-hydroxylation sites is 1. The molecule has 2 N–H and O–H groups in total. The molecular formula is C24H21N3O3S. The number of amides is 4. The molecule has 1 heterocycles. The summed E-state index contributed by atoms with van der Waals surface area (Å²) < 4.78 is 0. The summed E-state index contributed by atoms with van der Waals surface area (Å²) in [4.78, 5) is 40.3. The van der Waals surface area contributed by atoms with Crippen molar-refractivity contribution in [2.75, 3.05) is 18.4 Å². The summed E-state index contributed by atoms with van der Waals surface area (Å²) in [5, 5.41) is 5.66. The number of carbonyl (C=O) groups is 3. The Morgan fingerprint density at radius 3 is 2.13 bits per heavy atom. The van der Waals surface area contributed by atoms with E-state index in [1.807, 2.05) is 54.6 Å². The Bertz CT molecular complexity index is 1080. The molecule has 6 nitrogen and oxygen atoms in total. The largest absolute Gasteiger partial charge is 0.338 e. The van der Waals surface area contributed by atoms with Gasteiger partial charge in [-0.3, -0.25) is 14.5 Å². The molecule has 3 aromatic rings. The van der Waals surface area contributed by atoms with E-state index >= 15 is 0 Å². The highest BCUT2D eigenvalue weighted by atomic mass is 32.2. The van der Waals surface area contributed by atoms with Gasteiger partial charge in [-0.1, -0.05) is 54.2 Å². The predicted octanol–water partition coefficient (Wildman–Crippen LogP) is 4.65. The highest BCUT2D eigenvalue weighted by Crippen LogP contribution is 2.33. The van der Waals surface area contributed by atoms with Crippen LogP contribution in [0.5, 0.6) is 0 Å². The van der Waals surface area contributed by atoms with E-state index in [9.17, 15) is 14.4 Å². The van der Waals surface area contributed by atoms with Gasteiger partial charge in [0.25, 0.3) is 11.8 Å². The molecule has 1 aliphatic rings. The summed E-state index contributed by atoms with van der Waals surface area (Å²) in [6.07, 6.45) is 0.472. The van der Waals surface area contributed by atoms with Crippen LogP contribution >= 0.6 is 11.8 Å². The topological polar surface area (TPSA) is 78.5 Å². The average Bonchev–Trinajstić information content (AvgIpc) is 3.03. The van der Waals surface area contributed by atoms with E-state index in [1.165, 1.54) is 4.90 Å². The summed E-state index contributed by atoms with van der Waals surface area (Å²) in [7, 11) is 0. The van der Waals surface area contributed by atoms with E-state index in [4.69, 9.17) is 0 Å². The van der Waals surface area contributed by atoms with Gasteiger partial charge in [0.05, 0.1) is 16.8 Å². The van der Waals surface area contributed by atoms with Crippen molar-refractivity contribution in [3.05, 3.63) is 90.0 Å². The minimum atomic E-state index is -0.330. The zero-order chi connectivity index (χ0) is 21.6. The second-order valence-corrected chi connectivity index (χ2v) is 8.07. The second-order valence-electron chi connectivity index (χ2n) is 6.95. The van der Waals surface area contributed by atoms with Crippen molar-refractivity contribution < 1.29 is 14.4 Å². The number of benzene rings is 3. The summed E-state index contributed by atoms with van der Waals surface area (Å²) in [5.74, 6) is -0.561. The molecule has 0 unspecified atom stereocenters. The Balaban J connectivity index is 1.27. The zero-order valence-electron chi connectivity index (χ0n) is 16.7. The molecule has 0 bridgehead atoms. The van der Waals surface area contributed by atoms with Crippen LogP contribution in [0.3, 0.4) is 0 Å². The minimum Gasteiger partial charge on any atom is -0.338 e. The van der Waals surface area contributed by atoms with Gasteiger partial charge < -0.3 is 10.6 Å². The first-order chi connectivity index (χ1) is 15.1. The van der Waals surface area contributed by atoms with Gasteiger partial charge in [-0.05, 0) is 42.8 Å². The monoisotopic (exact) mass is 431 g/mol. The normalized spacial score (nSPS) is 12.6. The molecule has 0 radical (unpaired) electrons. The van der Waals surface area contributed by atoms with Crippen LogP contribution in [-0.4, -0.2) is 35.8 Å². The number of imide groups is 1. The first-order valence-electron chi connectivity index (χ1n) is 9.95. The summed E-state index contributed by atoms with van der Waals surface area (Å²) in [5.41, 5.74) is 1.59. The summed E-state index contributed by atoms with van der Waals surface area (Å²) in [6, 6.07) is 24.0. The van der Waals surface area contributed by atoms with Crippen LogP contribution in [-0.2, 0) is 0 Å². The standard InChI is InChI=1S/C24H21N3O3S/c28-22-18-11-4-5-12-19(18)23(29)27(22)16-8-15-25-24(30)26-20-13-6-7-14-21(20)31-17-9-2-1-3-10-17/h1-7,9-14H,8,15-16H2,(H2,25,26,30). The molecular weight excluding hydrogens is 410 g/mol. The van der Waals surface area contributed by atoms with Crippen LogP contribution in [0.2, 0.25) is 0 Å². The van der Waals surface area contributed by atoms with Crippen molar-refractivity contribution in [2.45, 2.75) is 16.2 Å². The predicted molar refractivity (Wildman–Crippen MR) is 120 cm³/mol. The molecule has 31 heavy (non-hydrogen) atoms. The molecule has 0 aromatic heterocycles. The van der Waals surface area contributed by atoms with Crippen molar-refractivity contribution in [3.8, 4) is 0 Å². The van der Waals surface area contributed by atoms with E-state index in [0.717, 1.165) is 9.79 Å². The SMILES string of the molecule is O=C(NCCCN1C(=O)c2ccccc2C1=O)Nc1ccccc1Sc1ccccc1. The zero-order valence-corrected chi connectivity index (χ0v) is 17.5. The van der Waals surface area contributed by atoms with E-state index in [2.05, 4.69) is 10.6 Å². The molecule has 156 valence electrons. The van der Waals surface area contributed by atoms with Gasteiger partial charge in [-0.25, -0.2) is 4.79 Å². The summed E-state index contributed by atoms with van der Waals surface area (Å²) in [6.45, 7) is 0.598. The number of rotatable bonds is 7. The summed E-state index contributed by atoms with van der Waals surface area (Å²) >= 11 is 1.57. The first-order valence-corrected chi connectivity index (χ1v) is 10.8. The molecule has 0 saturated heterocycles. The maximum atomic E-state index is 12.4. The van der Waals surface area contributed by atoms with E-state index < -0.39 is 0 Å². The number of anilines is 1. The lowest BCUT2D eigenvalue weighted by molar-refractivity contribution is 0.0653. The number of hydrogen-bond donors (Lipinski definition) is 2. The van der Waals surface area contributed by atoms with Gasteiger partial charge in [0.15, 0.2) is 0 Å². The molecule has 0 spiro atoms. The van der Waals surface area contributed by atoms with Gasteiger partial charge >= 0.3 is 6.03 Å². The number of carbonyl (C=O) groups excluding carboxylic acids is 3. The van der Waals surface area contributed by atoms with Crippen molar-refractivity contribution in [1.29, 1.82) is 0 Å². The van der Waals surface area contributed by atoms with E-state index in [-0.39, 0.29) is 24.4 Å². The average molecular weight is 432 g/mol. The first kappa shape index (κ1) is 20.7. The van der Waals surface area contributed by atoms with Crippen molar-refractivity contribution in [2.24, 2.45) is 0 Å². The Hall–Kier alpha value is -3.58. The quantitative estimate of drug-likeness (QED) is 0.422. The lowest BCUT2D eigenvalue weighted by Gasteiger charge is -2.15. The number of nitrogens with one attached hydrogen (secondary N) is 2. The van der Waals surface area contributed by atoms with Gasteiger partial charge in [0, 0.05) is 22.9 Å². The number of hydrogen-bond acceptors (Lipinski definition) is 4. The number of nitrogens with zero attached hydrogens (tertiary/aromatic N) is 1. The Morgan fingerprint density at radius 1 is 0.806 bits per heavy atom. The molecule has 7 heteroatoms. The molecule has 0 atom stereocenters. The van der Waals surface area contributed by atoms with Crippen LogP contribution in [0, 0.1) is 0 Å². The molecule has 0 saturated carbocycles. The lowest BCUT2D eigenvalue weighted by Crippen LogP contribution is -2.35. The third kappa shape index (κ3) is 4.78. The van der Waals surface area contributed by atoms with Gasteiger partial charge in [0.1, 0.15) is 0 Å². The third-order valence-corrected chi connectivity index (χ3v) is 5.91. The van der Waals surface area contributed by atoms with Gasteiger partial charge in [-0.2, -0.15) is 0 Å². The molecule has 4 rings (SSSR count).